The third-order valence-corrected chi connectivity index (χ3v) is 3.00. The van der Waals surface area contributed by atoms with Crippen molar-refractivity contribution in [1.29, 1.82) is 0 Å². The van der Waals surface area contributed by atoms with Crippen LogP contribution in [-0.4, -0.2) is 36.2 Å². The van der Waals surface area contributed by atoms with E-state index in [9.17, 15) is 14.4 Å². The third-order valence-electron chi connectivity index (χ3n) is 3.00. The van der Waals surface area contributed by atoms with Gasteiger partial charge in [-0.3, -0.25) is 9.59 Å². The molecule has 2 amide bonds. The Morgan fingerprint density at radius 2 is 1.72 bits per heavy atom. The largest absolute Gasteiger partial charge is 0.466 e. The Bertz CT molecular complexity index is 605. The Morgan fingerprint density at radius 1 is 1.12 bits per heavy atom. The van der Waals surface area contributed by atoms with Gasteiger partial charge in [0.05, 0.1) is 13.0 Å². The van der Waals surface area contributed by atoms with Gasteiger partial charge >= 0.3 is 12.1 Å². The molecule has 0 aliphatic carbocycles. The second-order valence-corrected chi connectivity index (χ2v) is 6.54. The highest BCUT2D eigenvalue weighted by molar-refractivity contribution is 5.96. The topological polar surface area (TPSA) is 93.7 Å². The van der Waals surface area contributed by atoms with Crippen molar-refractivity contribution in [3.05, 3.63) is 29.8 Å². The molecule has 0 spiro atoms. The second kappa shape index (κ2) is 9.05. The molecule has 0 bridgehead atoms. The minimum absolute atomic E-state index is 0.179. The first-order valence-electron chi connectivity index (χ1n) is 8.15. The number of esters is 1. The summed E-state index contributed by atoms with van der Waals surface area (Å²) in [5.41, 5.74) is 0.724. The summed E-state index contributed by atoms with van der Waals surface area (Å²) in [6.07, 6.45) is -0.474. The number of rotatable bonds is 6. The number of hydrogen-bond acceptors (Lipinski definition) is 5. The summed E-state index contributed by atoms with van der Waals surface area (Å²) in [7, 11) is 0. The van der Waals surface area contributed by atoms with Gasteiger partial charge in [0.1, 0.15) is 11.6 Å². The number of carbonyl (C=O) groups is 3. The molecular weight excluding hydrogens is 324 g/mol. The molecule has 0 heterocycles. The molecule has 138 valence electrons. The van der Waals surface area contributed by atoms with Crippen LogP contribution >= 0.6 is 0 Å². The van der Waals surface area contributed by atoms with Crippen LogP contribution in [0, 0.1) is 0 Å². The van der Waals surface area contributed by atoms with Crippen molar-refractivity contribution in [3.63, 3.8) is 0 Å². The normalized spacial score (nSPS) is 12.0. The lowest BCUT2D eigenvalue weighted by Gasteiger charge is -2.21. The van der Waals surface area contributed by atoms with Gasteiger partial charge in [0, 0.05) is 5.69 Å². The zero-order valence-electron chi connectivity index (χ0n) is 15.3. The number of carbonyl (C=O) groups excluding carboxylic acids is 3. The van der Waals surface area contributed by atoms with Crippen LogP contribution in [0.3, 0.4) is 0 Å². The molecule has 25 heavy (non-hydrogen) atoms. The van der Waals surface area contributed by atoms with E-state index in [0.29, 0.717) is 12.3 Å². The SMILES string of the molecule is CCOC(=O)Cc1ccc(NC(=O)C(C)NC(=O)OC(C)(C)C)cc1. The first-order valence-corrected chi connectivity index (χ1v) is 8.15. The van der Waals surface area contributed by atoms with Crippen LogP contribution < -0.4 is 10.6 Å². The molecule has 1 rings (SSSR count). The number of anilines is 1. The van der Waals surface area contributed by atoms with E-state index in [-0.39, 0.29) is 18.3 Å². The lowest BCUT2D eigenvalue weighted by atomic mass is 10.1. The van der Waals surface area contributed by atoms with Gasteiger partial charge in [-0.15, -0.1) is 0 Å². The summed E-state index contributed by atoms with van der Waals surface area (Å²) in [5.74, 6) is -0.668. The van der Waals surface area contributed by atoms with Crippen molar-refractivity contribution in [2.24, 2.45) is 0 Å². The Kier molecular flexibility index (Phi) is 7.42. The van der Waals surface area contributed by atoms with Crippen molar-refractivity contribution in [1.82, 2.24) is 5.32 Å². The highest BCUT2D eigenvalue weighted by Gasteiger charge is 2.21. The van der Waals surface area contributed by atoms with Crippen molar-refractivity contribution < 1.29 is 23.9 Å². The van der Waals surface area contributed by atoms with Gasteiger partial charge in [-0.1, -0.05) is 12.1 Å². The monoisotopic (exact) mass is 350 g/mol. The van der Waals surface area contributed by atoms with Crippen molar-refractivity contribution >= 4 is 23.7 Å². The molecule has 0 fully saturated rings. The molecular formula is C18H26N2O5. The van der Waals surface area contributed by atoms with Crippen LogP contribution in [0.5, 0.6) is 0 Å². The minimum Gasteiger partial charge on any atom is -0.466 e. The molecule has 0 saturated heterocycles. The fourth-order valence-corrected chi connectivity index (χ4v) is 1.89. The Balaban J connectivity index is 2.53. The van der Waals surface area contributed by atoms with Crippen LogP contribution in [0.15, 0.2) is 24.3 Å². The van der Waals surface area contributed by atoms with Crippen LogP contribution in [0.4, 0.5) is 10.5 Å². The van der Waals surface area contributed by atoms with Gasteiger partial charge in [-0.2, -0.15) is 0 Å². The maximum atomic E-state index is 12.1. The van der Waals surface area contributed by atoms with Gasteiger partial charge in [-0.05, 0) is 52.3 Å². The summed E-state index contributed by atoms with van der Waals surface area (Å²) < 4.78 is 9.99. The van der Waals surface area contributed by atoms with Gasteiger partial charge in [0.15, 0.2) is 0 Å². The maximum absolute atomic E-state index is 12.1. The average molecular weight is 350 g/mol. The number of nitrogens with one attached hydrogen (secondary N) is 2. The minimum atomic E-state index is -0.756. The van der Waals surface area contributed by atoms with Gasteiger partial charge in [-0.25, -0.2) is 4.79 Å². The number of benzene rings is 1. The molecule has 7 nitrogen and oxygen atoms in total. The summed E-state index contributed by atoms with van der Waals surface area (Å²) >= 11 is 0. The molecule has 1 atom stereocenters. The van der Waals surface area contributed by atoms with E-state index in [0.717, 1.165) is 5.56 Å². The van der Waals surface area contributed by atoms with Crippen LogP contribution in [-0.2, 0) is 25.5 Å². The lowest BCUT2D eigenvalue weighted by molar-refractivity contribution is -0.142. The smallest absolute Gasteiger partial charge is 0.408 e. The van der Waals surface area contributed by atoms with Crippen molar-refractivity contribution in [2.45, 2.75) is 52.7 Å². The molecule has 1 aromatic rings. The number of hydrogen-bond donors (Lipinski definition) is 2. The number of ether oxygens (including phenoxy) is 2. The Hall–Kier alpha value is -2.57. The molecule has 0 saturated carbocycles. The molecule has 1 aromatic carbocycles. The number of alkyl carbamates (subject to hydrolysis) is 1. The predicted molar refractivity (Wildman–Crippen MR) is 94.2 cm³/mol. The third kappa shape index (κ3) is 8.19. The van der Waals surface area contributed by atoms with E-state index >= 15 is 0 Å². The average Bonchev–Trinajstić information content (AvgIpc) is 2.47. The van der Waals surface area contributed by atoms with Gasteiger partial charge < -0.3 is 20.1 Å². The highest BCUT2D eigenvalue weighted by atomic mass is 16.6. The molecule has 0 aliphatic rings. The Labute approximate surface area is 148 Å². The maximum Gasteiger partial charge on any atom is 0.408 e. The summed E-state index contributed by atoms with van der Waals surface area (Å²) in [5, 5.41) is 5.16. The van der Waals surface area contributed by atoms with Crippen LogP contribution in [0.1, 0.15) is 40.2 Å². The van der Waals surface area contributed by atoms with Crippen molar-refractivity contribution in [3.8, 4) is 0 Å². The van der Waals surface area contributed by atoms with Crippen molar-refractivity contribution in [2.75, 3.05) is 11.9 Å². The second-order valence-electron chi connectivity index (χ2n) is 6.54. The molecule has 0 aliphatic heterocycles. The molecule has 7 heteroatoms. The van der Waals surface area contributed by atoms with E-state index in [1.807, 2.05) is 0 Å². The fraction of sp³-hybridized carbons (Fsp3) is 0.500. The van der Waals surface area contributed by atoms with E-state index in [2.05, 4.69) is 10.6 Å². The summed E-state index contributed by atoms with van der Waals surface area (Å²) in [6.45, 7) is 8.90. The predicted octanol–water partition coefficient (Wildman–Crippen LogP) is 2.64. The van der Waals surface area contributed by atoms with Gasteiger partial charge in [0.25, 0.3) is 0 Å². The number of amides is 2. The van der Waals surface area contributed by atoms with Crippen LogP contribution in [0.2, 0.25) is 0 Å². The molecule has 1 unspecified atom stereocenters. The molecule has 2 N–H and O–H groups in total. The van der Waals surface area contributed by atoms with E-state index < -0.39 is 17.7 Å². The summed E-state index contributed by atoms with van der Waals surface area (Å²) in [6, 6.07) is 6.09. The van der Waals surface area contributed by atoms with Gasteiger partial charge in [0.2, 0.25) is 5.91 Å². The standard InChI is InChI=1S/C18H26N2O5/c1-6-24-15(21)11-13-7-9-14(10-8-13)20-16(22)12(2)19-17(23)25-18(3,4)5/h7-10,12H,6,11H2,1-5H3,(H,19,23)(H,20,22). The quantitative estimate of drug-likeness (QED) is 0.769. The highest BCUT2D eigenvalue weighted by Crippen LogP contribution is 2.11. The zero-order valence-corrected chi connectivity index (χ0v) is 15.3. The van der Waals surface area contributed by atoms with E-state index in [4.69, 9.17) is 9.47 Å². The molecule has 0 aromatic heterocycles. The molecule has 0 radical (unpaired) electrons. The lowest BCUT2D eigenvalue weighted by Crippen LogP contribution is -2.43. The van der Waals surface area contributed by atoms with E-state index in [1.54, 1.807) is 58.9 Å². The summed E-state index contributed by atoms with van der Waals surface area (Å²) in [4.78, 5) is 35.2. The van der Waals surface area contributed by atoms with E-state index in [1.165, 1.54) is 0 Å². The zero-order chi connectivity index (χ0) is 19.0. The fourth-order valence-electron chi connectivity index (χ4n) is 1.89. The first kappa shape index (κ1) is 20.5. The first-order chi connectivity index (χ1) is 11.6. The van der Waals surface area contributed by atoms with Crippen LogP contribution in [0.25, 0.3) is 0 Å². The Morgan fingerprint density at radius 3 is 2.24 bits per heavy atom.